The van der Waals surface area contributed by atoms with E-state index in [0.717, 1.165) is 34.7 Å². The van der Waals surface area contributed by atoms with Crippen molar-refractivity contribution in [1.29, 1.82) is 0 Å². The molecule has 0 spiro atoms. The minimum atomic E-state index is -0.250. The predicted octanol–water partition coefficient (Wildman–Crippen LogP) is 4.33. The number of amides is 1. The Bertz CT molecular complexity index is 1050. The molecular formula is C23H23N3O3. The lowest BCUT2D eigenvalue weighted by Gasteiger charge is -2.18. The molecule has 6 heteroatoms. The number of hydrogen-bond acceptors (Lipinski definition) is 5. The second kappa shape index (κ2) is 7.54. The molecule has 0 saturated carbocycles. The van der Waals surface area contributed by atoms with E-state index in [0.29, 0.717) is 18.1 Å². The third-order valence-electron chi connectivity index (χ3n) is 4.69. The Morgan fingerprint density at radius 3 is 2.72 bits per heavy atom. The molecule has 1 aliphatic rings. The molecule has 0 aliphatic carbocycles. The van der Waals surface area contributed by atoms with E-state index < -0.39 is 0 Å². The first-order valence-electron chi connectivity index (χ1n) is 9.53. The number of aryl methyl sites for hydroxylation is 1. The Morgan fingerprint density at radius 1 is 1.17 bits per heavy atom. The first-order valence-corrected chi connectivity index (χ1v) is 9.53. The summed E-state index contributed by atoms with van der Waals surface area (Å²) >= 11 is 0. The van der Waals surface area contributed by atoms with Gasteiger partial charge in [0.1, 0.15) is 12.2 Å². The number of anilines is 1. The normalized spacial score (nSPS) is 14.0. The van der Waals surface area contributed by atoms with Gasteiger partial charge in [0.15, 0.2) is 11.5 Å². The Labute approximate surface area is 169 Å². The summed E-state index contributed by atoms with van der Waals surface area (Å²) in [5, 5.41) is 2.70. The average Bonchev–Trinajstić information content (AvgIpc) is 3.01. The van der Waals surface area contributed by atoms with Crippen LogP contribution in [0.15, 0.2) is 54.7 Å². The summed E-state index contributed by atoms with van der Waals surface area (Å²) in [6, 6.07) is 15.0. The molecule has 3 aromatic rings. The number of para-hydroxylation sites is 1. The van der Waals surface area contributed by atoms with Gasteiger partial charge in [-0.25, -0.2) is 9.97 Å². The first kappa shape index (κ1) is 18.9. The van der Waals surface area contributed by atoms with E-state index in [-0.39, 0.29) is 11.5 Å². The number of aromatic nitrogens is 2. The third-order valence-corrected chi connectivity index (χ3v) is 4.69. The van der Waals surface area contributed by atoms with Crippen molar-refractivity contribution in [2.75, 3.05) is 5.32 Å². The monoisotopic (exact) mass is 389 g/mol. The topological polar surface area (TPSA) is 73.3 Å². The predicted molar refractivity (Wildman–Crippen MR) is 110 cm³/mol. The van der Waals surface area contributed by atoms with Gasteiger partial charge >= 0.3 is 0 Å². The molecule has 0 atom stereocenters. The van der Waals surface area contributed by atoms with Crippen LogP contribution in [0.3, 0.4) is 0 Å². The van der Waals surface area contributed by atoms with Crippen molar-refractivity contribution in [3.8, 4) is 11.5 Å². The fraction of sp³-hybridized carbons (Fsp3) is 0.261. The van der Waals surface area contributed by atoms with Crippen LogP contribution in [0, 0.1) is 6.92 Å². The largest absolute Gasteiger partial charge is 0.485 e. The molecule has 0 radical (unpaired) electrons. The van der Waals surface area contributed by atoms with E-state index in [9.17, 15) is 4.79 Å². The number of nitrogens with zero attached hydrogens (tertiary/aromatic N) is 2. The number of carbonyl (C=O) groups is 1. The van der Waals surface area contributed by atoms with Crippen LogP contribution < -0.4 is 14.8 Å². The van der Waals surface area contributed by atoms with Crippen molar-refractivity contribution < 1.29 is 14.3 Å². The molecule has 148 valence electrons. The maximum atomic E-state index is 12.4. The van der Waals surface area contributed by atoms with E-state index in [1.807, 2.05) is 31.2 Å². The highest BCUT2D eigenvalue weighted by atomic mass is 16.5. The molecule has 0 fully saturated rings. The quantitative estimate of drug-likeness (QED) is 0.703. The van der Waals surface area contributed by atoms with Crippen LogP contribution >= 0.6 is 0 Å². The van der Waals surface area contributed by atoms with Crippen LogP contribution in [0.1, 0.15) is 41.0 Å². The van der Waals surface area contributed by atoms with Crippen molar-refractivity contribution in [2.45, 2.75) is 39.4 Å². The zero-order valence-corrected chi connectivity index (χ0v) is 16.7. The Kier molecular flexibility index (Phi) is 4.92. The zero-order valence-electron chi connectivity index (χ0n) is 16.7. The molecule has 0 bridgehead atoms. The zero-order chi connectivity index (χ0) is 20.4. The van der Waals surface area contributed by atoms with Crippen molar-refractivity contribution >= 4 is 11.9 Å². The van der Waals surface area contributed by atoms with E-state index in [1.165, 1.54) is 0 Å². The Morgan fingerprint density at radius 2 is 1.97 bits per heavy atom. The van der Waals surface area contributed by atoms with Gasteiger partial charge in [0.05, 0.1) is 0 Å². The van der Waals surface area contributed by atoms with E-state index in [2.05, 4.69) is 35.2 Å². The highest BCUT2D eigenvalue weighted by Gasteiger charge is 2.32. The Hall–Kier alpha value is -3.41. The van der Waals surface area contributed by atoms with Crippen LogP contribution in [0.4, 0.5) is 5.95 Å². The smallest absolute Gasteiger partial charge is 0.258 e. The summed E-state index contributed by atoms with van der Waals surface area (Å²) in [6.45, 7) is 6.38. The number of benzene rings is 2. The second-order valence-electron chi connectivity index (χ2n) is 7.74. The van der Waals surface area contributed by atoms with E-state index in [1.54, 1.807) is 24.4 Å². The standard InChI is InChI=1S/C23H23N3O3/c1-15-11-12-24-22(25-15)26-21(27)17-9-7-16(8-10-17)14-28-19-6-4-5-18-13-23(2,3)29-20(18)19/h4-12H,13-14H2,1-3H3,(H,24,25,26,27). The van der Waals surface area contributed by atoms with E-state index in [4.69, 9.17) is 9.47 Å². The van der Waals surface area contributed by atoms with Gasteiger partial charge in [-0.1, -0.05) is 24.3 Å². The van der Waals surface area contributed by atoms with Gasteiger partial charge in [-0.05, 0) is 50.6 Å². The summed E-state index contributed by atoms with van der Waals surface area (Å²) < 4.78 is 12.0. The van der Waals surface area contributed by atoms with E-state index >= 15 is 0 Å². The highest BCUT2D eigenvalue weighted by Crippen LogP contribution is 2.41. The van der Waals surface area contributed by atoms with Gasteiger partial charge in [-0.3, -0.25) is 10.1 Å². The number of nitrogens with one attached hydrogen (secondary N) is 1. The molecule has 29 heavy (non-hydrogen) atoms. The molecular weight excluding hydrogens is 366 g/mol. The minimum Gasteiger partial charge on any atom is -0.485 e. The van der Waals surface area contributed by atoms with Crippen LogP contribution in [0.5, 0.6) is 11.5 Å². The van der Waals surface area contributed by atoms with Crippen LogP contribution in [-0.4, -0.2) is 21.5 Å². The fourth-order valence-electron chi connectivity index (χ4n) is 3.30. The maximum Gasteiger partial charge on any atom is 0.258 e. The van der Waals surface area contributed by atoms with Crippen LogP contribution in [0.2, 0.25) is 0 Å². The summed E-state index contributed by atoms with van der Waals surface area (Å²) in [4.78, 5) is 20.6. The lowest BCUT2D eigenvalue weighted by Crippen LogP contribution is -2.24. The van der Waals surface area contributed by atoms with Gasteiger partial charge in [0, 0.05) is 29.4 Å². The van der Waals surface area contributed by atoms with Gasteiger partial charge < -0.3 is 9.47 Å². The van der Waals surface area contributed by atoms with Crippen LogP contribution in [0.25, 0.3) is 0 Å². The lowest BCUT2D eigenvalue weighted by molar-refractivity contribution is 0.102. The van der Waals surface area contributed by atoms with Gasteiger partial charge in [0.25, 0.3) is 5.91 Å². The molecule has 1 N–H and O–H groups in total. The number of carbonyl (C=O) groups excluding carboxylic acids is 1. The molecule has 1 amide bonds. The summed E-state index contributed by atoms with van der Waals surface area (Å²) in [5.74, 6) is 1.61. The van der Waals surface area contributed by atoms with Crippen LogP contribution in [-0.2, 0) is 13.0 Å². The summed E-state index contributed by atoms with van der Waals surface area (Å²) in [7, 11) is 0. The van der Waals surface area contributed by atoms with Gasteiger partial charge in [-0.15, -0.1) is 0 Å². The molecule has 4 rings (SSSR count). The highest BCUT2D eigenvalue weighted by molar-refractivity contribution is 6.03. The molecule has 2 aromatic carbocycles. The van der Waals surface area contributed by atoms with Gasteiger partial charge in [-0.2, -0.15) is 0 Å². The molecule has 1 aromatic heterocycles. The molecule has 2 heterocycles. The number of ether oxygens (including phenoxy) is 2. The number of fused-ring (bicyclic) bond motifs is 1. The maximum absolute atomic E-state index is 12.4. The van der Waals surface area contributed by atoms with Crippen molar-refractivity contribution in [2.24, 2.45) is 0 Å². The fourth-order valence-corrected chi connectivity index (χ4v) is 3.30. The summed E-state index contributed by atoms with van der Waals surface area (Å²) in [5.41, 5.74) is 3.24. The second-order valence-corrected chi connectivity index (χ2v) is 7.74. The molecule has 0 unspecified atom stereocenters. The lowest BCUT2D eigenvalue weighted by atomic mass is 10.0. The third kappa shape index (κ3) is 4.37. The average molecular weight is 389 g/mol. The van der Waals surface area contributed by atoms with Crippen molar-refractivity contribution in [3.63, 3.8) is 0 Å². The summed E-state index contributed by atoms with van der Waals surface area (Å²) in [6.07, 6.45) is 2.48. The van der Waals surface area contributed by atoms with Crippen molar-refractivity contribution in [3.05, 3.63) is 77.1 Å². The number of hydrogen-bond donors (Lipinski definition) is 1. The van der Waals surface area contributed by atoms with Crippen molar-refractivity contribution in [1.82, 2.24) is 9.97 Å². The molecule has 1 aliphatic heterocycles. The first-order chi connectivity index (χ1) is 13.9. The molecule has 6 nitrogen and oxygen atoms in total. The SMILES string of the molecule is Cc1ccnc(NC(=O)c2ccc(COc3cccc4c3OC(C)(C)C4)cc2)n1. The Balaban J connectivity index is 1.40. The minimum absolute atomic E-state index is 0.211. The number of rotatable bonds is 5. The van der Waals surface area contributed by atoms with Gasteiger partial charge in [0.2, 0.25) is 5.95 Å². The molecule has 0 saturated heterocycles.